The van der Waals surface area contributed by atoms with Gasteiger partial charge in [0.2, 0.25) is 5.55 Å². The third kappa shape index (κ3) is 3.79. The van der Waals surface area contributed by atoms with Crippen LogP contribution in [0.15, 0.2) is 56.6 Å². The predicted octanol–water partition coefficient (Wildman–Crippen LogP) is 2.33. The van der Waals surface area contributed by atoms with Crippen LogP contribution in [0, 0.1) is 0 Å². The molecule has 0 aliphatic carbocycles. The first-order chi connectivity index (χ1) is 13.8. The standard InChI is InChI=1S/C20H22N6O3/c1-20(2,3)15-10-16(25-29-15)24-19(27)23-12-4-6-13(7-5-12)26-11-22-18-14(17(26)21)8-9-28-18/h4-10H,11,21H2,1-3H3,(H2,23,24,25,27). The lowest BCUT2D eigenvalue weighted by Gasteiger charge is -2.24. The number of rotatable bonds is 3. The van der Waals surface area contributed by atoms with Gasteiger partial charge in [-0.3, -0.25) is 5.32 Å². The summed E-state index contributed by atoms with van der Waals surface area (Å²) >= 11 is 0. The molecule has 0 saturated carbocycles. The van der Waals surface area contributed by atoms with Crippen molar-refractivity contribution in [2.75, 3.05) is 22.2 Å². The van der Waals surface area contributed by atoms with Gasteiger partial charge in [0.15, 0.2) is 5.82 Å². The zero-order valence-electron chi connectivity index (χ0n) is 16.4. The summed E-state index contributed by atoms with van der Waals surface area (Å²) in [6.07, 6.45) is 1.56. The fourth-order valence-corrected chi connectivity index (χ4v) is 2.89. The summed E-state index contributed by atoms with van der Waals surface area (Å²) in [5.74, 6) is 1.62. The maximum absolute atomic E-state index is 12.2. The van der Waals surface area contributed by atoms with E-state index in [2.05, 4.69) is 20.8 Å². The van der Waals surface area contributed by atoms with Crippen LogP contribution >= 0.6 is 0 Å². The van der Waals surface area contributed by atoms with Crippen molar-refractivity contribution in [3.05, 3.63) is 59.2 Å². The van der Waals surface area contributed by atoms with E-state index in [4.69, 9.17) is 14.7 Å². The van der Waals surface area contributed by atoms with Crippen LogP contribution in [0.3, 0.4) is 0 Å². The summed E-state index contributed by atoms with van der Waals surface area (Å²) in [4.78, 5) is 18.5. The molecule has 1 aliphatic heterocycles. The van der Waals surface area contributed by atoms with Crippen LogP contribution in [0.1, 0.15) is 26.5 Å². The molecule has 3 aromatic rings. The molecule has 4 rings (SSSR count). The number of aromatic nitrogens is 1. The van der Waals surface area contributed by atoms with Gasteiger partial charge in [0, 0.05) is 22.9 Å². The third-order valence-corrected chi connectivity index (χ3v) is 4.50. The van der Waals surface area contributed by atoms with Crippen molar-refractivity contribution in [1.82, 2.24) is 5.16 Å². The first-order valence-electron chi connectivity index (χ1n) is 9.12. The number of amides is 2. The smallest absolute Gasteiger partial charge is 0.324 e. The number of hydrogen-bond acceptors (Lipinski definition) is 7. The van der Waals surface area contributed by atoms with E-state index in [-0.39, 0.29) is 5.41 Å². The van der Waals surface area contributed by atoms with E-state index in [1.165, 1.54) is 0 Å². The van der Waals surface area contributed by atoms with E-state index in [9.17, 15) is 4.79 Å². The van der Waals surface area contributed by atoms with Crippen molar-refractivity contribution in [2.45, 2.75) is 26.2 Å². The van der Waals surface area contributed by atoms with Gasteiger partial charge < -0.3 is 24.9 Å². The molecular formula is C20H22N6O3. The predicted molar refractivity (Wildman–Crippen MR) is 109 cm³/mol. The highest BCUT2D eigenvalue weighted by Crippen LogP contribution is 2.25. The van der Waals surface area contributed by atoms with Gasteiger partial charge in [0.1, 0.15) is 18.2 Å². The summed E-state index contributed by atoms with van der Waals surface area (Å²) in [5, 5.41) is 10.1. The molecule has 0 radical (unpaired) electrons. The van der Waals surface area contributed by atoms with Crippen molar-refractivity contribution in [1.29, 1.82) is 0 Å². The average molecular weight is 394 g/mol. The zero-order valence-corrected chi connectivity index (χ0v) is 16.4. The number of carbonyl (C=O) groups excluding carboxylic acids is 1. The second-order valence-corrected chi connectivity index (χ2v) is 7.70. The molecule has 4 N–H and O–H groups in total. The Bertz CT molecular complexity index is 1150. The molecule has 0 saturated heterocycles. The number of carbonyl (C=O) groups is 1. The number of benzene rings is 1. The summed E-state index contributed by atoms with van der Waals surface area (Å²) in [5.41, 5.74) is 8.07. The number of fused-ring (bicyclic) bond motifs is 1. The molecule has 0 unspecified atom stereocenters. The Morgan fingerprint density at radius 1 is 1.17 bits per heavy atom. The molecular weight excluding hydrogens is 372 g/mol. The quantitative estimate of drug-likeness (QED) is 0.627. The van der Waals surface area contributed by atoms with E-state index >= 15 is 0 Å². The molecule has 2 aromatic heterocycles. The fraction of sp³-hybridized carbons (Fsp3) is 0.250. The number of hydrogen-bond donors (Lipinski definition) is 3. The largest absolute Gasteiger partial charge is 0.446 e. The van der Waals surface area contributed by atoms with Gasteiger partial charge in [-0.25, -0.2) is 9.79 Å². The number of nitrogens with one attached hydrogen (secondary N) is 2. The van der Waals surface area contributed by atoms with Crippen molar-refractivity contribution in [3.63, 3.8) is 0 Å². The van der Waals surface area contributed by atoms with Gasteiger partial charge in [-0.1, -0.05) is 25.9 Å². The van der Waals surface area contributed by atoms with Gasteiger partial charge in [-0.15, -0.1) is 0 Å². The van der Waals surface area contributed by atoms with E-state index < -0.39 is 6.03 Å². The minimum Gasteiger partial charge on any atom is -0.446 e. The summed E-state index contributed by atoms with van der Waals surface area (Å²) in [7, 11) is 0. The van der Waals surface area contributed by atoms with Crippen LogP contribution in [0.4, 0.5) is 22.0 Å². The monoisotopic (exact) mass is 394 g/mol. The van der Waals surface area contributed by atoms with Gasteiger partial charge >= 0.3 is 6.03 Å². The van der Waals surface area contributed by atoms with Crippen LogP contribution in [-0.4, -0.2) is 17.9 Å². The molecule has 9 nitrogen and oxygen atoms in total. The highest BCUT2D eigenvalue weighted by atomic mass is 16.5. The molecule has 0 spiro atoms. The van der Waals surface area contributed by atoms with Crippen LogP contribution in [-0.2, 0) is 5.41 Å². The fourth-order valence-electron chi connectivity index (χ4n) is 2.89. The first-order valence-corrected chi connectivity index (χ1v) is 9.12. The van der Waals surface area contributed by atoms with Crippen LogP contribution < -0.4 is 32.0 Å². The second-order valence-electron chi connectivity index (χ2n) is 7.70. The van der Waals surface area contributed by atoms with Crippen LogP contribution in [0.25, 0.3) is 5.82 Å². The van der Waals surface area contributed by atoms with E-state index in [0.717, 1.165) is 10.9 Å². The molecule has 0 atom stereocenters. The molecule has 1 aliphatic rings. The van der Waals surface area contributed by atoms with Crippen molar-refractivity contribution in [2.24, 2.45) is 10.7 Å². The highest BCUT2D eigenvalue weighted by molar-refractivity contribution is 5.99. The van der Waals surface area contributed by atoms with Gasteiger partial charge in [0.25, 0.3) is 0 Å². The molecule has 0 bridgehead atoms. The van der Waals surface area contributed by atoms with Crippen molar-refractivity contribution >= 4 is 29.0 Å². The maximum Gasteiger partial charge on any atom is 0.324 e. The number of nitrogens with two attached hydrogens (primary N) is 1. The SMILES string of the molecule is CC(C)(C)c1cc(NC(=O)Nc2ccc(N3CN=c4occc4=C3N)cc2)no1. The average Bonchev–Trinajstić information content (AvgIpc) is 3.32. The molecule has 3 heterocycles. The normalized spacial score (nSPS) is 13.6. The summed E-state index contributed by atoms with van der Waals surface area (Å²) in [6, 6.07) is 10.4. The van der Waals surface area contributed by atoms with Gasteiger partial charge in [-0.05, 0) is 30.3 Å². The van der Waals surface area contributed by atoms with E-state index in [1.54, 1.807) is 30.5 Å². The van der Waals surface area contributed by atoms with Crippen LogP contribution in [0.5, 0.6) is 0 Å². The molecule has 9 heteroatoms. The zero-order chi connectivity index (χ0) is 20.6. The second kappa shape index (κ2) is 7.01. The molecule has 2 amide bonds. The number of anilines is 3. The Hall–Kier alpha value is -3.75. The van der Waals surface area contributed by atoms with Crippen molar-refractivity contribution < 1.29 is 13.7 Å². The van der Waals surface area contributed by atoms with Crippen LogP contribution in [0.2, 0.25) is 0 Å². The Kier molecular flexibility index (Phi) is 4.50. The number of urea groups is 1. The number of furan rings is 1. The minimum absolute atomic E-state index is 0.184. The molecule has 0 fully saturated rings. The topological polar surface area (TPSA) is 122 Å². The Morgan fingerprint density at radius 3 is 2.62 bits per heavy atom. The lowest BCUT2D eigenvalue weighted by molar-refractivity contribution is 0.262. The third-order valence-electron chi connectivity index (χ3n) is 4.50. The lowest BCUT2D eigenvalue weighted by atomic mass is 9.93. The first kappa shape index (κ1) is 18.6. The summed E-state index contributed by atoms with van der Waals surface area (Å²) < 4.78 is 10.5. The molecule has 1 aromatic carbocycles. The maximum atomic E-state index is 12.2. The van der Waals surface area contributed by atoms with Gasteiger partial charge in [-0.2, -0.15) is 0 Å². The van der Waals surface area contributed by atoms with E-state index in [0.29, 0.717) is 35.3 Å². The number of nitrogens with zero attached hydrogens (tertiary/aromatic N) is 3. The molecule has 29 heavy (non-hydrogen) atoms. The Balaban J connectivity index is 1.42. The van der Waals surface area contributed by atoms with E-state index in [1.807, 2.05) is 37.8 Å². The molecule has 150 valence electrons. The lowest BCUT2D eigenvalue weighted by Crippen LogP contribution is -2.42. The summed E-state index contributed by atoms with van der Waals surface area (Å²) in [6.45, 7) is 6.38. The Labute approximate surface area is 166 Å². The highest BCUT2D eigenvalue weighted by Gasteiger charge is 2.20. The van der Waals surface area contributed by atoms with Gasteiger partial charge in [0.05, 0.1) is 11.5 Å². The van der Waals surface area contributed by atoms with Crippen molar-refractivity contribution in [3.8, 4) is 0 Å². The Morgan fingerprint density at radius 2 is 1.93 bits per heavy atom. The minimum atomic E-state index is -0.409.